The van der Waals surface area contributed by atoms with Crippen LogP contribution in [0.1, 0.15) is 37.0 Å². The van der Waals surface area contributed by atoms with Crippen molar-refractivity contribution in [2.24, 2.45) is 0 Å². The van der Waals surface area contributed by atoms with Crippen molar-refractivity contribution in [1.82, 2.24) is 0 Å². The first kappa shape index (κ1) is 15.0. The lowest BCUT2D eigenvalue weighted by Gasteiger charge is -2.08. The highest BCUT2D eigenvalue weighted by Gasteiger charge is 2.07. The minimum atomic E-state index is -0.249. The average Bonchev–Trinajstić information content (AvgIpc) is 2.34. The molecule has 0 aliphatic rings. The van der Waals surface area contributed by atoms with Crippen LogP contribution < -0.4 is 4.74 Å². The highest BCUT2D eigenvalue weighted by molar-refractivity contribution is 5.96. The summed E-state index contributed by atoms with van der Waals surface area (Å²) in [6.45, 7) is 3.86. The summed E-state index contributed by atoms with van der Waals surface area (Å²) in [5.41, 5.74) is 0.263. The van der Waals surface area contributed by atoms with Gasteiger partial charge in [0, 0.05) is 12.5 Å². The highest BCUT2D eigenvalue weighted by Crippen LogP contribution is 2.24. The molecule has 0 radical (unpaired) electrons. The van der Waals surface area contributed by atoms with Gasteiger partial charge in [0.25, 0.3) is 0 Å². The van der Waals surface area contributed by atoms with Crippen LogP contribution in [-0.4, -0.2) is 30.1 Å². The Morgan fingerprint density at radius 1 is 1.32 bits per heavy atom. The van der Waals surface area contributed by atoms with E-state index < -0.39 is 0 Å². The van der Waals surface area contributed by atoms with Gasteiger partial charge in [-0.25, -0.2) is 0 Å². The summed E-state index contributed by atoms with van der Waals surface area (Å²) < 4.78 is 10.2. The molecule has 0 atom stereocenters. The van der Waals surface area contributed by atoms with Crippen molar-refractivity contribution in [3.8, 4) is 11.5 Å². The predicted molar refractivity (Wildman–Crippen MR) is 69.5 cm³/mol. The number of phenolic OH excluding ortho intramolecular Hbond substituents is 1. The molecule has 104 valence electrons. The number of aromatic hydroxyl groups is 1. The van der Waals surface area contributed by atoms with E-state index in [1.807, 2.05) is 0 Å². The number of hydrogen-bond acceptors (Lipinski definition) is 5. The molecule has 0 aliphatic heterocycles. The van der Waals surface area contributed by atoms with Crippen LogP contribution in [0.25, 0.3) is 0 Å². The molecule has 0 saturated heterocycles. The summed E-state index contributed by atoms with van der Waals surface area (Å²) in [5.74, 6) is -0.0889. The van der Waals surface area contributed by atoms with Gasteiger partial charge in [0.05, 0.1) is 18.8 Å². The maximum atomic E-state index is 11.1. The van der Waals surface area contributed by atoms with E-state index in [4.69, 9.17) is 9.47 Å². The molecule has 1 N–H and O–H groups in total. The molecule has 1 rings (SSSR count). The van der Waals surface area contributed by atoms with E-state index in [0.717, 1.165) is 0 Å². The SMILES string of the molecule is CCOC(=O)CCCOc1ccc(C(C)=O)c(O)c1. The molecule has 0 amide bonds. The van der Waals surface area contributed by atoms with Gasteiger partial charge in [0.15, 0.2) is 5.78 Å². The van der Waals surface area contributed by atoms with E-state index in [-0.39, 0.29) is 23.1 Å². The molecule has 19 heavy (non-hydrogen) atoms. The van der Waals surface area contributed by atoms with E-state index in [9.17, 15) is 14.7 Å². The molecule has 0 aromatic heterocycles. The molecular weight excluding hydrogens is 248 g/mol. The summed E-state index contributed by atoms with van der Waals surface area (Å²) in [6.07, 6.45) is 0.833. The monoisotopic (exact) mass is 266 g/mol. The summed E-state index contributed by atoms with van der Waals surface area (Å²) >= 11 is 0. The minimum Gasteiger partial charge on any atom is -0.507 e. The zero-order chi connectivity index (χ0) is 14.3. The summed E-state index contributed by atoms with van der Waals surface area (Å²) in [5, 5.41) is 9.60. The van der Waals surface area contributed by atoms with Crippen LogP contribution in [0, 0.1) is 0 Å². The van der Waals surface area contributed by atoms with Gasteiger partial charge in [-0.2, -0.15) is 0 Å². The summed E-state index contributed by atoms with van der Waals surface area (Å²) in [7, 11) is 0. The lowest BCUT2D eigenvalue weighted by Crippen LogP contribution is -2.06. The van der Waals surface area contributed by atoms with Gasteiger partial charge >= 0.3 is 5.97 Å². The van der Waals surface area contributed by atoms with E-state index in [0.29, 0.717) is 31.8 Å². The van der Waals surface area contributed by atoms with E-state index in [1.54, 1.807) is 13.0 Å². The number of ketones is 1. The fourth-order valence-electron chi connectivity index (χ4n) is 1.54. The van der Waals surface area contributed by atoms with Crippen LogP contribution in [0.5, 0.6) is 11.5 Å². The molecule has 0 saturated carbocycles. The quantitative estimate of drug-likeness (QED) is 0.466. The molecule has 1 aromatic carbocycles. The first-order valence-corrected chi connectivity index (χ1v) is 6.17. The van der Waals surface area contributed by atoms with Crippen molar-refractivity contribution in [1.29, 1.82) is 0 Å². The second-order valence-corrected chi connectivity index (χ2v) is 3.99. The Morgan fingerprint density at radius 2 is 2.05 bits per heavy atom. The number of ether oxygens (including phenoxy) is 2. The fourth-order valence-corrected chi connectivity index (χ4v) is 1.54. The maximum absolute atomic E-state index is 11.1. The standard InChI is InChI=1S/C14H18O5/c1-3-18-14(17)5-4-8-19-11-6-7-12(10(2)15)13(16)9-11/h6-7,9,16H,3-5,8H2,1-2H3. The van der Waals surface area contributed by atoms with Crippen LogP contribution in [0.3, 0.4) is 0 Å². The molecule has 0 bridgehead atoms. The molecular formula is C14H18O5. The van der Waals surface area contributed by atoms with Crippen LogP contribution in [0.4, 0.5) is 0 Å². The van der Waals surface area contributed by atoms with E-state index in [1.165, 1.54) is 19.1 Å². The molecule has 5 heteroatoms. The van der Waals surface area contributed by atoms with Crippen molar-refractivity contribution in [3.63, 3.8) is 0 Å². The first-order valence-electron chi connectivity index (χ1n) is 6.17. The number of esters is 1. The lowest BCUT2D eigenvalue weighted by atomic mass is 10.1. The van der Waals surface area contributed by atoms with Crippen molar-refractivity contribution >= 4 is 11.8 Å². The topological polar surface area (TPSA) is 72.8 Å². The second-order valence-electron chi connectivity index (χ2n) is 3.99. The number of rotatable bonds is 7. The van der Waals surface area contributed by atoms with Gasteiger partial charge in [-0.1, -0.05) is 0 Å². The largest absolute Gasteiger partial charge is 0.507 e. The highest BCUT2D eigenvalue weighted by atomic mass is 16.5. The Kier molecular flexibility index (Phi) is 5.85. The molecule has 0 unspecified atom stereocenters. The normalized spacial score (nSPS) is 10.0. The summed E-state index contributed by atoms with van der Waals surface area (Å²) in [6, 6.07) is 4.51. The number of carbonyl (C=O) groups excluding carboxylic acids is 2. The number of benzene rings is 1. The smallest absolute Gasteiger partial charge is 0.305 e. The van der Waals surface area contributed by atoms with Gasteiger partial charge in [0.1, 0.15) is 11.5 Å². The molecule has 0 heterocycles. The maximum Gasteiger partial charge on any atom is 0.305 e. The Balaban J connectivity index is 2.40. The molecule has 0 fully saturated rings. The number of hydrogen-bond donors (Lipinski definition) is 1. The van der Waals surface area contributed by atoms with E-state index in [2.05, 4.69) is 0 Å². The molecule has 0 spiro atoms. The number of phenols is 1. The zero-order valence-corrected chi connectivity index (χ0v) is 11.1. The predicted octanol–water partition coefficient (Wildman–Crippen LogP) is 2.32. The third-order valence-corrected chi connectivity index (χ3v) is 2.45. The van der Waals surface area contributed by atoms with Gasteiger partial charge in [-0.05, 0) is 32.4 Å². The first-order chi connectivity index (χ1) is 9.04. The Labute approximate surface area is 112 Å². The molecule has 0 aliphatic carbocycles. The van der Waals surface area contributed by atoms with Crippen molar-refractivity contribution < 1.29 is 24.2 Å². The zero-order valence-electron chi connectivity index (χ0n) is 11.1. The van der Waals surface area contributed by atoms with E-state index >= 15 is 0 Å². The number of carbonyl (C=O) groups is 2. The Hall–Kier alpha value is -2.04. The minimum absolute atomic E-state index is 0.101. The van der Waals surface area contributed by atoms with Gasteiger partial charge < -0.3 is 14.6 Å². The molecule has 5 nitrogen and oxygen atoms in total. The third kappa shape index (κ3) is 4.99. The van der Waals surface area contributed by atoms with Gasteiger partial charge in [0.2, 0.25) is 0 Å². The second kappa shape index (κ2) is 7.41. The molecule has 1 aromatic rings. The van der Waals surface area contributed by atoms with Crippen molar-refractivity contribution in [2.45, 2.75) is 26.7 Å². The van der Waals surface area contributed by atoms with Gasteiger partial charge in [-0.3, -0.25) is 9.59 Å². The van der Waals surface area contributed by atoms with Crippen LogP contribution in [0.2, 0.25) is 0 Å². The van der Waals surface area contributed by atoms with Crippen molar-refractivity contribution in [2.75, 3.05) is 13.2 Å². The summed E-state index contributed by atoms with van der Waals surface area (Å²) in [4.78, 5) is 22.2. The fraction of sp³-hybridized carbons (Fsp3) is 0.429. The Bertz CT molecular complexity index is 453. The van der Waals surface area contributed by atoms with Crippen LogP contribution >= 0.6 is 0 Å². The third-order valence-electron chi connectivity index (χ3n) is 2.45. The number of Topliss-reactive ketones (excluding diaryl/α,β-unsaturated/α-hetero) is 1. The average molecular weight is 266 g/mol. The van der Waals surface area contributed by atoms with Gasteiger partial charge in [-0.15, -0.1) is 0 Å². The lowest BCUT2D eigenvalue weighted by molar-refractivity contribution is -0.143. The Morgan fingerprint density at radius 3 is 2.63 bits per heavy atom. The van der Waals surface area contributed by atoms with Crippen molar-refractivity contribution in [3.05, 3.63) is 23.8 Å². The van der Waals surface area contributed by atoms with Crippen LogP contribution in [0.15, 0.2) is 18.2 Å². The van der Waals surface area contributed by atoms with Crippen LogP contribution in [-0.2, 0) is 9.53 Å².